The summed E-state index contributed by atoms with van der Waals surface area (Å²) in [5, 5.41) is 23.3. The van der Waals surface area contributed by atoms with E-state index in [4.69, 9.17) is 0 Å². The van der Waals surface area contributed by atoms with E-state index in [1.54, 1.807) is 40.8 Å². The number of carbonyl (C=O) groups excluding carboxylic acids is 1. The fourth-order valence-electron chi connectivity index (χ4n) is 2.08. The van der Waals surface area contributed by atoms with Crippen LogP contribution in [-0.2, 0) is 0 Å². The number of rotatable bonds is 4. The maximum Gasteiger partial charge on any atom is 0.321 e. The Morgan fingerprint density at radius 1 is 1.43 bits per heavy atom. The molecule has 0 radical (unpaired) electrons. The average Bonchev–Trinajstić information content (AvgIpc) is 2.31. The Morgan fingerprint density at radius 3 is 2.48 bits per heavy atom. The first kappa shape index (κ1) is 16.9. The first-order valence-corrected chi connectivity index (χ1v) is 6.52. The lowest BCUT2D eigenvalue weighted by molar-refractivity contribution is -0.385. The normalized spacial score (nSPS) is 11.1. The first-order valence-electron chi connectivity index (χ1n) is 6.52. The zero-order valence-electron chi connectivity index (χ0n) is 12.9. The number of amides is 2. The quantitative estimate of drug-likeness (QED) is 0.658. The second-order valence-electron chi connectivity index (χ2n) is 5.76. The van der Waals surface area contributed by atoms with Gasteiger partial charge in [-0.3, -0.25) is 10.1 Å². The summed E-state index contributed by atoms with van der Waals surface area (Å²) in [5.41, 5.74) is 0.518. The predicted molar refractivity (Wildman–Crippen MR) is 80.5 cm³/mol. The summed E-state index contributed by atoms with van der Waals surface area (Å²) < 4.78 is 0. The number of nitro groups is 1. The molecule has 0 atom stereocenters. The van der Waals surface area contributed by atoms with Crippen LogP contribution < -0.4 is 5.32 Å². The fraction of sp³-hybridized carbons (Fsp3) is 0.500. The van der Waals surface area contributed by atoms with E-state index in [-0.39, 0.29) is 12.2 Å². The molecule has 116 valence electrons. The molecule has 0 heterocycles. The number of benzene rings is 1. The molecule has 0 fully saturated rings. The molecule has 0 aliphatic heterocycles. The minimum Gasteiger partial charge on any atom is -0.389 e. The van der Waals surface area contributed by atoms with Crippen LogP contribution >= 0.6 is 0 Å². The molecule has 7 nitrogen and oxygen atoms in total. The number of urea groups is 1. The van der Waals surface area contributed by atoms with E-state index in [1.165, 1.54) is 11.0 Å². The highest BCUT2D eigenvalue weighted by atomic mass is 16.6. The van der Waals surface area contributed by atoms with Gasteiger partial charge >= 0.3 is 6.03 Å². The van der Waals surface area contributed by atoms with Crippen molar-refractivity contribution in [3.05, 3.63) is 33.4 Å². The predicted octanol–water partition coefficient (Wildman–Crippen LogP) is 2.45. The average molecular weight is 295 g/mol. The molecule has 0 bridgehead atoms. The molecule has 1 rings (SSSR count). The van der Waals surface area contributed by atoms with Gasteiger partial charge in [0.1, 0.15) is 0 Å². The van der Waals surface area contributed by atoms with Gasteiger partial charge in [-0.25, -0.2) is 4.79 Å². The molecule has 0 saturated heterocycles. The van der Waals surface area contributed by atoms with Crippen molar-refractivity contribution in [2.45, 2.75) is 33.3 Å². The number of aliphatic hydroxyl groups is 1. The van der Waals surface area contributed by atoms with Gasteiger partial charge in [-0.15, -0.1) is 0 Å². The fourth-order valence-corrected chi connectivity index (χ4v) is 2.08. The van der Waals surface area contributed by atoms with Gasteiger partial charge < -0.3 is 15.3 Å². The van der Waals surface area contributed by atoms with Crippen molar-refractivity contribution in [1.29, 1.82) is 0 Å². The van der Waals surface area contributed by atoms with Crippen LogP contribution in [0.3, 0.4) is 0 Å². The van der Waals surface area contributed by atoms with E-state index in [1.807, 2.05) is 0 Å². The molecule has 0 aromatic heterocycles. The van der Waals surface area contributed by atoms with Crippen molar-refractivity contribution in [2.24, 2.45) is 0 Å². The summed E-state index contributed by atoms with van der Waals surface area (Å²) in [5.74, 6) is 0. The van der Waals surface area contributed by atoms with Crippen molar-refractivity contribution < 1.29 is 14.8 Å². The molecule has 21 heavy (non-hydrogen) atoms. The van der Waals surface area contributed by atoms with Gasteiger partial charge in [-0.2, -0.15) is 0 Å². The molecule has 1 aromatic rings. The van der Waals surface area contributed by atoms with Crippen LogP contribution in [0.5, 0.6) is 0 Å². The van der Waals surface area contributed by atoms with Crippen LogP contribution in [0.15, 0.2) is 12.1 Å². The van der Waals surface area contributed by atoms with Crippen LogP contribution in [-0.4, -0.2) is 40.2 Å². The van der Waals surface area contributed by atoms with Crippen molar-refractivity contribution in [1.82, 2.24) is 4.90 Å². The third-order valence-corrected chi connectivity index (χ3v) is 3.04. The van der Waals surface area contributed by atoms with Crippen molar-refractivity contribution >= 4 is 17.4 Å². The molecule has 2 amide bonds. The van der Waals surface area contributed by atoms with Crippen molar-refractivity contribution in [2.75, 3.05) is 18.9 Å². The molecule has 2 N–H and O–H groups in total. The molecule has 1 aromatic carbocycles. The zero-order chi connectivity index (χ0) is 16.4. The molecular weight excluding hydrogens is 274 g/mol. The summed E-state index contributed by atoms with van der Waals surface area (Å²) in [7, 11) is 1.55. The Hall–Kier alpha value is -2.15. The van der Waals surface area contributed by atoms with Crippen molar-refractivity contribution in [3.63, 3.8) is 0 Å². The highest BCUT2D eigenvalue weighted by Crippen LogP contribution is 2.29. The standard InChI is InChI=1S/C14H21N3O4/c1-9-6-7-11(17(20)21)10(2)12(9)15-13(18)16(5)8-14(3,4)19/h6-7,19H,8H2,1-5H3,(H,15,18). The van der Waals surface area contributed by atoms with Crippen LogP contribution in [0.2, 0.25) is 0 Å². The van der Waals surface area contributed by atoms with E-state index in [2.05, 4.69) is 5.32 Å². The summed E-state index contributed by atoms with van der Waals surface area (Å²) in [6.45, 7) is 6.70. The SMILES string of the molecule is Cc1ccc([N+](=O)[O-])c(C)c1NC(=O)N(C)CC(C)(C)O. The highest BCUT2D eigenvalue weighted by molar-refractivity contribution is 5.91. The second-order valence-corrected chi connectivity index (χ2v) is 5.76. The van der Waals surface area contributed by atoms with E-state index in [0.717, 1.165) is 5.56 Å². The van der Waals surface area contributed by atoms with Crippen LogP contribution in [0, 0.1) is 24.0 Å². The molecule has 0 saturated carbocycles. The topological polar surface area (TPSA) is 95.7 Å². The van der Waals surface area contributed by atoms with E-state index in [0.29, 0.717) is 11.3 Å². The second kappa shape index (κ2) is 6.09. The summed E-state index contributed by atoms with van der Waals surface area (Å²) in [6, 6.07) is 2.58. The third kappa shape index (κ3) is 4.42. The van der Waals surface area contributed by atoms with Gasteiger partial charge in [-0.05, 0) is 33.3 Å². The molecule has 0 aliphatic carbocycles. The number of aryl methyl sites for hydroxylation is 1. The molecule has 0 unspecified atom stereocenters. The Kier molecular flexibility index (Phi) is 4.90. The summed E-state index contributed by atoms with van der Waals surface area (Å²) >= 11 is 0. The number of hydrogen-bond donors (Lipinski definition) is 2. The molecule has 0 spiro atoms. The molecule has 7 heteroatoms. The number of likely N-dealkylation sites (N-methyl/N-ethyl adjacent to an activating group) is 1. The number of hydrogen-bond acceptors (Lipinski definition) is 4. The molecule has 0 aliphatic rings. The molecular formula is C14H21N3O4. The highest BCUT2D eigenvalue weighted by Gasteiger charge is 2.22. The van der Waals surface area contributed by atoms with Gasteiger partial charge in [-0.1, -0.05) is 6.07 Å². The van der Waals surface area contributed by atoms with Crippen molar-refractivity contribution in [3.8, 4) is 0 Å². The maximum absolute atomic E-state index is 12.1. The minimum absolute atomic E-state index is 0.0407. The lowest BCUT2D eigenvalue weighted by Gasteiger charge is -2.26. The number of anilines is 1. The lowest BCUT2D eigenvalue weighted by Crippen LogP contribution is -2.41. The number of carbonyl (C=O) groups is 1. The first-order chi connectivity index (χ1) is 9.53. The summed E-state index contributed by atoms with van der Waals surface area (Å²) in [6.07, 6.45) is 0. The zero-order valence-corrected chi connectivity index (χ0v) is 12.9. The van der Waals surface area contributed by atoms with Crippen LogP contribution in [0.4, 0.5) is 16.2 Å². The van der Waals surface area contributed by atoms with Gasteiger partial charge in [0, 0.05) is 13.1 Å². The van der Waals surface area contributed by atoms with E-state index < -0.39 is 16.6 Å². The Bertz CT molecular complexity index is 564. The van der Waals surface area contributed by atoms with Gasteiger partial charge in [0.15, 0.2) is 0 Å². The minimum atomic E-state index is -1.02. The van der Waals surface area contributed by atoms with E-state index >= 15 is 0 Å². The Balaban J connectivity index is 3.00. The summed E-state index contributed by atoms with van der Waals surface area (Å²) in [4.78, 5) is 23.9. The Labute approximate surface area is 123 Å². The number of nitrogens with zero attached hydrogens (tertiary/aromatic N) is 2. The van der Waals surface area contributed by atoms with Crippen LogP contribution in [0.25, 0.3) is 0 Å². The number of nitro benzene ring substituents is 1. The van der Waals surface area contributed by atoms with Crippen LogP contribution in [0.1, 0.15) is 25.0 Å². The Morgan fingerprint density at radius 2 is 2.00 bits per heavy atom. The van der Waals surface area contributed by atoms with Gasteiger partial charge in [0.25, 0.3) is 5.69 Å². The largest absolute Gasteiger partial charge is 0.389 e. The smallest absolute Gasteiger partial charge is 0.321 e. The third-order valence-electron chi connectivity index (χ3n) is 3.04. The maximum atomic E-state index is 12.1. The number of nitrogens with one attached hydrogen (secondary N) is 1. The van der Waals surface area contributed by atoms with Gasteiger partial charge in [0.05, 0.1) is 28.3 Å². The lowest BCUT2D eigenvalue weighted by atomic mass is 10.1. The van der Waals surface area contributed by atoms with Gasteiger partial charge in [0.2, 0.25) is 0 Å². The monoisotopic (exact) mass is 295 g/mol. The van der Waals surface area contributed by atoms with E-state index in [9.17, 15) is 20.0 Å².